The number of nitrogens with one attached hydrogen (secondary N) is 1. The van der Waals surface area contributed by atoms with E-state index in [0.29, 0.717) is 23.7 Å². The summed E-state index contributed by atoms with van der Waals surface area (Å²) in [5.41, 5.74) is 0. The highest BCUT2D eigenvalue weighted by Crippen LogP contribution is 2.69. The normalized spacial score (nSPS) is 37.8. The fourth-order valence-corrected chi connectivity index (χ4v) is 5.45. The standard InChI is InChI=1S/C13H17N3O3S/c1-16-5-9(14-6-16)20(18,19)15-13(17)12-10-7-2-3-8(4-7)11(10)12/h5-8,10-12H,2-4H2,1H3,(H,15,17)/t7-,8+,10+,11-,12?. The van der Waals surface area contributed by atoms with Crippen LogP contribution in [0.5, 0.6) is 0 Å². The van der Waals surface area contributed by atoms with E-state index in [1.807, 2.05) is 0 Å². The van der Waals surface area contributed by atoms with Crippen LogP contribution in [0.1, 0.15) is 19.3 Å². The SMILES string of the molecule is Cn1cnc(S(=O)(=O)NC(=O)C2[C@@H]3[C@H]4CC[C@H](C4)[C@H]23)c1. The molecule has 4 rings (SSSR count). The molecular formula is C13H17N3O3S. The number of aromatic nitrogens is 2. The molecule has 0 radical (unpaired) electrons. The van der Waals surface area contributed by atoms with E-state index in [2.05, 4.69) is 9.71 Å². The number of carbonyl (C=O) groups excluding carboxylic acids is 1. The number of carbonyl (C=O) groups is 1. The zero-order valence-corrected chi connectivity index (χ0v) is 12.0. The molecule has 5 atom stereocenters. The van der Waals surface area contributed by atoms with Crippen LogP contribution in [0.2, 0.25) is 0 Å². The van der Waals surface area contributed by atoms with Crippen molar-refractivity contribution in [3.8, 4) is 0 Å². The summed E-state index contributed by atoms with van der Waals surface area (Å²) >= 11 is 0. The Kier molecular flexibility index (Phi) is 2.38. The smallest absolute Gasteiger partial charge is 0.283 e. The van der Waals surface area contributed by atoms with Crippen molar-refractivity contribution >= 4 is 15.9 Å². The van der Waals surface area contributed by atoms with E-state index in [1.54, 1.807) is 11.6 Å². The number of aryl methyl sites for hydroxylation is 1. The number of sulfonamides is 1. The maximum Gasteiger partial charge on any atom is 0.283 e. The third-order valence-corrected chi connectivity index (χ3v) is 6.46. The van der Waals surface area contributed by atoms with Gasteiger partial charge in [-0.05, 0) is 42.9 Å². The van der Waals surface area contributed by atoms with Crippen molar-refractivity contribution in [3.05, 3.63) is 12.5 Å². The second kappa shape index (κ2) is 3.84. The molecule has 1 amide bonds. The van der Waals surface area contributed by atoms with Crippen LogP contribution in [-0.2, 0) is 21.9 Å². The Morgan fingerprint density at radius 2 is 2.00 bits per heavy atom. The van der Waals surface area contributed by atoms with Crippen molar-refractivity contribution in [1.82, 2.24) is 14.3 Å². The van der Waals surface area contributed by atoms with Crippen LogP contribution >= 0.6 is 0 Å². The number of hydrogen-bond donors (Lipinski definition) is 1. The van der Waals surface area contributed by atoms with Gasteiger partial charge in [0.15, 0.2) is 5.03 Å². The van der Waals surface area contributed by atoms with E-state index >= 15 is 0 Å². The largest absolute Gasteiger partial charge is 0.339 e. The van der Waals surface area contributed by atoms with E-state index in [9.17, 15) is 13.2 Å². The fourth-order valence-electron chi connectivity index (χ4n) is 4.46. The van der Waals surface area contributed by atoms with Crippen molar-refractivity contribution < 1.29 is 13.2 Å². The zero-order chi connectivity index (χ0) is 14.1. The van der Waals surface area contributed by atoms with Crippen LogP contribution in [0, 0.1) is 29.6 Å². The summed E-state index contributed by atoms with van der Waals surface area (Å²) in [4.78, 5) is 16.0. The van der Waals surface area contributed by atoms with Gasteiger partial charge in [-0.25, -0.2) is 9.71 Å². The molecule has 0 saturated heterocycles. The quantitative estimate of drug-likeness (QED) is 0.881. The predicted octanol–water partition coefficient (Wildman–Crippen LogP) is 0.517. The molecule has 6 nitrogen and oxygen atoms in total. The molecule has 3 aliphatic rings. The monoisotopic (exact) mass is 295 g/mol. The Morgan fingerprint density at radius 3 is 2.55 bits per heavy atom. The van der Waals surface area contributed by atoms with Crippen LogP contribution in [0.25, 0.3) is 0 Å². The first-order valence-electron chi connectivity index (χ1n) is 7.02. The van der Waals surface area contributed by atoms with Crippen molar-refractivity contribution in [1.29, 1.82) is 0 Å². The van der Waals surface area contributed by atoms with Crippen LogP contribution in [0.15, 0.2) is 17.6 Å². The minimum absolute atomic E-state index is 0.0836. The molecule has 3 saturated carbocycles. The van der Waals surface area contributed by atoms with Crippen molar-refractivity contribution in [2.24, 2.45) is 36.6 Å². The number of rotatable bonds is 3. The summed E-state index contributed by atoms with van der Waals surface area (Å²) in [6.07, 6.45) is 6.47. The minimum atomic E-state index is -3.82. The van der Waals surface area contributed by atoms with Crippen LogP contribution in [-0.4, -0.2) is 23.9 Å². The summed E-state index contributed by atoms with van der Waals surface area (Å²) in [7, 11) is -2.13. The van der Waals surface area contributed by atoms with E-state index in [0.717, 1.165) is 0 Å². The Bertz CT molecular complexity index is 665. The number of amides is 1. The van der Waals surface area contributed by atoms with E-state index in [-0.39, 0.29) is 16.9 Å². The summed E-state index contributed by atoms with van der Waals surface area (Å²) in [6, 6.07) is 0. The molecule has 0 aliphatic heterocycles. The first-order chi connectivity index (χ1) is 9.47. The van der Waals surface area contributed by atoms with E-state index in [1.165, 1.54) is 31.8 Å². The lowest BCUT2D eigenvalue weighted by Crippen LogP contribution is -2.33. The lowest BCUT2D eigenvalue weighted by Gasteiger charge is -2.09. The Balaban J connectivity index is 1.49. The highest BCUT2D eigenvalue weighted by molar-refractivity contribution is 7.90. The summed E-state index contributed by atoms with van der Waals surface area (Å²) in [5.74, 6) is 1.76. The third kappa shape index (κ3) is 1.65. The van der Waals surface area contributed by atoms with Crippen LogP contribution in [0.4, 0.5) is 0 Å². The molecule has 1 aromatic rings. The first kappa shape index (κ1) is 12.4. The molecular weight excluding hydrogens is 278 g/mol. The van der Waals surface area contributed by atoms with Gasteiger partial charge in [-0.2, -0.15) is 8.42 Å². The molecule has 1 heterocycles. The van der Waals surface area contributed by atoms with Gasteiger partial charge in [-0.3, -0.25) is 4.79 Å². The fraction of sp³-hybridized carbons (Fsp3) is 0.692. The molecule has 1 aromatic heterocycles. The second-order valence-electron chi connectivity index (χ2n) is 6.36. The molecule has 2 bridgehead atoms. The first-order valence-corrected chi connectivity index (χ1v) is 8.50. The van der Waals surface area contributed by atoms with Crippen LogP contribution < -0.4 is 4.72 Å². The third-order valence-electron chi connectivity index (χ3n) is 5.23. The maximum atomic E-state index is 12.2. The summed E-state index contributed by atoms with van der Waals surface area (Å²) < 4.78 is 27.9. The molecule has 108 valence electrons. The average molecular weight is 295 g/mol. The van der Waals surface area contributed by atoms with Gasteiger partial charge < -0.3 is 4.57 Å². The van der Waals surface area contributed by atoms with Gasteiger partial charge in [0, 0.05) is 19.2 Å². The Labute approximate surface area is 117 Å². The average Bonchev–Trinajstić information content (AvgIpc) is 2.74. The summed E-state index contributed by atoms with van der Waals surface area (Å²) in [5, 5.41) is -0.0952. The van der Waals surface area contributed by atoms with Crippen LogP contribution in [0.3, 0.4) is 0 Å². The number of nitrogens with zero attached hydrogens (tertiary/aromatic N) is 2. The van der Waals surface area contributed by atoms with Crippen molar-refractivity contribution in [2.45, 2.75) is 24.3 Å². The van der Waals surface area contributed by atoms with Gasteiger partial charge in [0.2, 0.25) is 5.91 Å². The number of hydrogen-bond acceptors (Lipinski definition) is 4. The molecule has 20 heavy (non-hydrogen) atoms. The lowest BCUT2D eigenvalue weighted by atomic mass is 10.0. The molecule has 0 spiro atoms. The molecule has 3 aliphatic carbocycles. The van der Waals surface area contributed by atoms with Gasteiger partial charge in [-0.15, -0.1) is 0 Å². The molecule has 1 N–H and O–H groups in total. The number of imidazole rings is 1. The molecule has 3 fully saturated rings. The van der Waals surface area contributed by atoms with Gasteiger partial charge in [0.05, 0.1) is 6.33 Å². The Morgan fingerprint density at radius 1 is 1.35 bits per heavy atom. The zero-order valence-electron chi connectivity index (χ0n) is 11.2. The summed E-state index contributed by atoms with van der Waals surface area (Å²) in [6.45, 7) is 0. The van der Waals surface area contributed by atoms with Crippen molar-refractivity contribution in [2.75, 3.05) is 0 Å². The van der Waals surface area contributed by atoms with Gasteiger partial charge in [0.1, 0.15) is 0 Å². The van der Waals surface area contributed by atoms with Crippen molar-refractivity contribution in [3.63, 3.8) is 0 Å². The van der Waals surface area contributed by atoms with E-state index in [4.69, 9.17) is 0 Å². The van der Waals surface area contributed by atoms with E-state index < -0.39 is 10.0 Å². The molecule has 0 aromatic carbocycles. The number of fused-ring (bicyclic) bond motifs is 5. The highest BCUT2D eigenvalue weighted by atomic mass is 32.2. The Hall–Kier alpha value is -1.37. The second-order valence-corrected chi connectivity index (χ2v) is 7.99. The maximum absolute atomic E-state index is 12.2. The van der Waals surface area contributed by atoms with Gasteiger partial charge in [0.25, 0.3) is 10.0 Å². The van der Waals surface area contributed by atoms with Gasteiger partial charge in [-0.1, -0.05) is 0 Å². The molecule has 1 unspecified atom stereocenters. The topological polar surface area (TPSA) is 81.1 Å². The highest BCUT2D eigenvalue weighted by Gasteiger charge is 2.67. The minimum Gasteiger partial charge on any atom is -0.339 e. The lowest BCUT2D eigenvalue weighted by molar-refractivity contribution is -0.121. The van der Waals surface area contributed by atoms with Gasteiger partial charge >= 0.3 is 0 Å². The predicted molar refractivity (Wildman–Crippen MR) is 69.8 cm³/mol. The molecule has 7 heteroatoms.